The van der Waals surface area contributed by atoms with Gasteiger partial charge in [-0.25, -0.2) is 4.98 Å². The molecule has 20 heavy (non-hydrogen) atoms. The van der Waals surface area contributed by atoms with Crippen LogP contribution in [0.3, 0.4) is 0 Å². The molecule has 1 N–H and O–H groups in total. The number of hydrogen-bond acceptors (Lipinski definition) is 3. The summed E-state index contributed by atoms with van der Waals surface area (Å²) in [7, 11) is 0. The zero-order valence-corrected chi connectivity index (χ0v) is 12.1. The van der Waals surface area contributed by atoms with Crippen molar-refractivity contribution in [3.63, 3.8) is 0 Å². The highest BCUT2D eigenvalue weighted by atomic mass is 35.5. The number of aromatic hydroxyl groups is 1. The molecule has 2 aromatic rings. The lowest BCUT2D eigenvalue weighted by Crippen LogP contribution is -2.18. The average Bonchev–Trinajstić information content (AvgIpc) is 2.74. The smallest absolute Gasteiger partial charge is 0.203 e. The summed E-state index contributed by atoms with van der Waals surface area (Å²) in [6, 6.07) is 6.68. The second-order valence-corrected chi connectivity index (χ2v) is 5.64. The third kappa shape index (κ3) is 2.61. The van der Waals surface area contributed by atoms with Crippen LogP contribution in [0.25, 0.3) is 0 Å². The topological polar surface area (TPSA) is 47.3 Å². The summed E-state index contributed by atoms with van der Waals surface area (Å²) >= 11 is 6.18. The van der Waals surface area contributed by atoms with Crippen molar-refractivity contribution in [2.45, 2.75) is 32.9 Å². The van der Waals surface area contributed by atoms with Crippen LogP contribution in [-0.4, -0.2) is 14.7 Å². The van der Waals surface area contributed by atoms with Crippen LogP contribution >= 0.6 is 11.6 Å². The van der Waals surface area contributed by atoms with Gasteiger partial charge in [-0.15, -0.1) is 0 Å². The summed E-state index contributed by atoms with van der Waals surface area (Å²) in [6.45, 7) is 3.58. The lowest BCUT2D eigenvalue weighted by Gasteiger charge is -2.21. The van der Waals surface area contributed by atoms with Gasteiger partial charge in [0.25, 0.3) is 0 Å². The second-order valence-electron chi connectivity index (χ2n) is 5.31. The minimum Gasteiger partial charge on any atom is -0.508 e. The van der Waals surface area contributed by atoms with E-state index in [1.807, 2.05) is 0 Å². The van der Waals surface area contributed by atoms with Gasteiger partial charge in [-0.05, 0) is 54.6 Å². The fourth-order valence-corrected chi connectivity index (χ4v) is 2.84. The van der Waals surface area contributed by atoms with Gasteiger partial charge in [0.05, 0.1) is 0 Å². The molecule has 1 aliphatic heterocycles. The zero-order valence-electron chi connectivity index (χ0n) is 11.3. The molecule has 2 heterocycles. The van der Waals surface area contributed by atoms with Gasteiger partial charge in [-0.3, -0.25) is 0 Å². The Hall–Kier alpha value is -1.68. The fraction of sp³-hybridized carbons (Fsp3) is 0.400. The van der Waals surface area contributed by atoms with Gasteiger partial charge >= 0.3 is 0 Å². The number of nitrogens with zero attached hydrogens (tertiary/aromatic N) is 2. The fourth-order valence-electron chi connectivity index (χ4n) is 2.55. The van der Waals surface area contributed by atoms with Crippen LogP contribution in [0.4, 0.5) is 0 Å². The number of fused-ring (bicyclic) bond motifs is 1. The first kappa shape index (κ1) is 13.3. The van der Waals surface area contributed by atoms with Crippen molar-refractivity contribution in [2.75, 3.05) is 0 Å². The van der Waals surface area contributed by atoms with E-state index in [0.29, 0.717) is 23.6 Å². The Morgan fingerprint density at radius 3 is 2.90 bits per heavy atom. The van der Waals surface area contributed by atoms with Crippen LogP contribution in [-0.2, 0) is 19.6 Å². The molecule has 0 saturated carbocycles. The van der Waals surface area contributed by atoms with Crippen molar-refractivity contribution < 1.29 is 9.84 Å². The van der Waals surface area contributed by atoms with Crippen molar-refractivity contribution in [1.29, 1.82) is 0 Å². The number of hydrogen-bond donors (Lipinski definition) is 1. The van der Waals surface area contributed by atoms with Gasteiger partial charge in [-0.1, -0.05) is 6.92 Å². The van der Waals surface area contributed by atoms with Gasteiger partial charge in [0.1, 0.15) is 23.8 Å². The summed E-state index contributed by atoms with van der Waals surface area (Å²) in [4.78, 5) is 4.41. The Labute approximate surface area is 123 Å². The quantitative estimate of drug-likeness (QED) is 0.943. The largest absolute Gasteiger partial charge is 0.508 e. The summed E-state index contributed by atoms with van der Waals surface area (Å²) in [6.07, 6.45) is 2.13. The van der Waals surface area contributed by atoms with E-state index in [1.54, 1.807) is 24.3 Å². The molecule has 0 spiro atoms. The number of ether oxygens (including phenoxy) is 1. The number of halogens is 1. The van der Waals surface area contributed by atoms with Crippen LogP contribution in [0.1, 0.15) is 24.7 Å². The maximum Gasteiger partial charge on any atom is 0.203 e. The van der Waals surface area contributed by atoms with Crippen molar-refractivity contribution in [3.05, 3.63) is 40.9 Å². The monoisotopic (exact) mass is 292 g/mol. The number of benzene rings is 1. The number of phenolic OH excluding ortho intramolecular Hbond substituents is 1. The van der Waals surface area contributed by atoms with Gasteiger partial charge in [0.15, 0.2) is 0 Å². The molecule has 0 amide bonds. The number of imidazole rings is 1. The normalized spacial score (nSPS) is 17.8. The Kier molecular flexibility index (Phi) is 3.57. The highest BCUT2D eigenvalue weighted by Gasteiger charge is 2.22. The third-order valence-electron chi connectivity index (χ3n) is 3.71. The molecule has 3 rings (SSSR count). The van der Waals surface area contributed by atoms with E-state index in [4.69, 9.17) is 16.3 Å². The van der Waals surface area contributed by atoms with E-state index in [9.17, 15) is 5.11 Å². The predicted octanol–water partition coefficient (Wildman–Crippen LogP) is 3.40. The first-order valence-electron chi connectivity index (χ1n) is 6.79. The van der Waals surface area contributed by atoms with E-state index < -0.39 is 0 Å². The van der Waals surface area contributed by atoms with Crippen LogP contribution in [0, 0.1) is 5.92 Å². The Bertz CT molecular complexity index is 607. The van der Waals surface area contributed by atoms with E-state index in [0.717, 1.165) is 25.1 Å². The molecule has 0 fully saturated rings. The third-order valence-corrected chi connectivity index (χ3v) is 4.00. The summed E-state index contributed by atoms with van der Waals surface area (Å²) in [5.41, 5.74) is 2.10. The highest BCUT2D eigenvalue weighted by molar-refractivity contribution is 6.28. The molecule has 1 atom stereocenters. The molecule has 0 bridgehead atoms. The lowest BCUT2D eigenvalue weighted by atomic mass is 9.97. The summed E-state index contributed by atoms with van der Waals surface area (Å²) in [5, 5.41) is 9.80. The maximum absolute atomic E-state index is 9.24. The van der Waals surface area contributed by atoms with Crippen molar-refractivity contribution in [3.8, 4) is 11.5 Å². The minimum absolute atomic E-state index is 0.230. The second kappa shape index (κ2) is 5.37. The van der Waals surface area contributed by atoms with Crippen LogP contribution in [0.2, 0.25) is 5.28 Å². The highest BCUT2D eigenvalue weighted by Crippen LogP contribution is 2.27. The molecule has 1 aromatic carbocycles. The average molecular weight is 293 g/mol. The number of aromatic nitrogens is 2. The molecule has 106 valence electrons. The van der Waals surface area contributed by atoms with Crippen LogP contribution < -0.4 is 4.74 Å². The molecule has 0 saturated heterocycles. The van der Waals surface area contributed by atoms with Crippen molar-refractivity contribution >= 4 is 11.6 Å². The van der Waals surface area contributed by atoms with E-state index >= 15 is 0 Å². The molecule has 4 nitrogen and oxygen atoms in total. The minimum atomic E-state index is 0.230. The summed E-state index contributed by atoms with van der Waals surface area (Å²) < 4.78 is 7.80. The first-order valence-corrected chi connectivity index (χ1v) is 7.17. The molecule has 0 radical (unpaired) electrons. The standard InChI is InChI=1S/C15H17ClN2O2/c1-10-6-7-18-14(8-10)13(17-15(18)16)9-20-12-4-2-11(19)3-5-12/h2-5,10,19H,6-9H2,1H3. The predicted molar refractivity (Wildman–Crippen MR) is 77.2 cm³/mol. The molecule has 5 heteroatoms. The summed E-state index contributed by atoms with van der Waals surface area (Å²) in [5.74, 6) is 1.60. The zero-order chi connectivity index (χ0) is 14.1. The Morgan fingerprint density at radius 2 is 2.15 bits per heavy atom. The van der Waals surface area contributed by atoms with Crippen molar-refractivity contribution in [2.24, 2.45) is 5.92 Å². The van der Waals surface area contributed by atoms with Crippen molar-refractivity contribution in [1.82, 2.24) is 9.55 Å². The maximum atomic E-state index is 9.24. The van der Waals surface area contributed by atoms with Gasteiger partial charge < -0.3 is 14.4 Å². The molecule has 1 unspecified atom stereocenters. The lowest BCUT2D eigenvalue weighted by molar-refractivity contribution is 0.297. The van der Waals surface area contributed by atoms with E-state index in [1.165, 1.54) is 5.69 Å². The molecule has 1 aromatic heterocycles. The van der Waals surface area contributed by atoms with E-state index in [2.05, 4.69) is 16.5 Å². The molecule has 0 aliphatic carbocycles. The van der Waals surface area contributed by atoms with Crippen LogP contribution in [0.15, 0.2) is 24.3 Å². The van der Waals surface area contributed by atoms with E-state index in [-0.39, 0.29) is 5.75 Å². The Balaban J connectivity index is 1.76. The number of phenols is 1. The van der Waals surface area contributed by atoms with Gasteiger partial charge in [-0.2, -0.15) is 0 Å². The number of rotatable bonds is 3. The first-order chi connectivity index (χ1) is 9.63. The molecular formula is C15H17ClN2O2. The SMILES string of the molecule is CC1CCn2c(Cl)nc(COc3ccc(O)cc3)c2C1. The Morgan fingerprint density at radius 1 is 1.40 bits per heavy atom. The van der Waals surface area contributed by atoms with Gasteiger partial charge in [0, 0.05) is 12.2 Å². The molecule has 1 aliphatic rings. The van der Waals surface area contributed by atoms with Gasteiger partial charge in [0.2, 0.25) is 5.28 Å². The van der Waals surface area contributed by atoms with Crippen LogP contribution in [0.5, 0.6) is 11.5 Å². The molecular weight excluding hydrogens is 276 g/mol.